The molecule has 0 unspecified atom stereocenters. The van der Waals surface area contributed by atoms with Gasteiger partial charge in [0.2, 0.25) is 0 Å². The smallest absolute Gasteiger partial charge is 0.351 e. The third-order valence-corrected chi connectivity index (χ3v) is 6.25. The normalized spacial score (nSPS) is 26.4. The highest BCUT2D eigenvalue weighted by atomic mass is 16.5. The number of carbonyl (C=O) groups is 1. The molecule has 1 aliphatic heterocycles. The van der Waals surface area contributed by atoms with Gasteiger partial charge in [0.15, 0.2) is 5.88 Å². The van der Waals surface area contributed by atoms with E-state index in [4.69, 9.17) is 21.3 Å². The molecule has 6 nitrogen and oxygen atoms in total. The summed E-state index contributed by atoms with van der Waals surface area (Å²) in [6.45, 7) is 2.45. The number of likely N-dealkylation sites (tertiary alicyclic amines) is 1. The van der Waals surface area contributed by atoms with Crippen LogP contribution in [0.1, 0.15) is 57.8 Å². The van der Waals surface area contributed by atoms with E-state index in [2.05, 4.69) is 4.90 Å². The van der Waals surface area contributed by atoms with Crippen LogP contribution in [0.25, 0.3) is 0 Å². The molecule has 0 aromatic carbocycles. The lowest BCUT2D eigenvalue weighted by Gasteiger charge is -2.53. The molecule has 0 atom stereocenters. The quantitative estimate of drug-likeness (QED) is 0.400. The van der Waals surface area contributed by atoms with Crippen molar-refractivity contribution in [1.82, 2.24) is 4.90 Å². The van der Waals surface area contributed by atoms with E-state index in [-0.39, 0.29) is 17.7 Å². The molecule has 0 amide bonds. The molecule has 3 aliphatic rings. The molecule has 2 aliphatic carbocycles. The van der Waals surface area contributed by atoms with E-state index >= 15 is 0 Å². The molecule has 0 aromatic rings. The Hall–Kier alpha value is -1.69. The van der Waals surface area contributed by atoms with Gasteiger partial charge in [0.1, 0.15) is 11.8 Å². The molecule has 5 N–H and O–H groups in total. The molecule has 6 heteroatoms. The minimum Gasteiger partial charge on any atom is -0.477 e. The molecular weight excluding hydrogens is 318 g/mol. The van der Waals surface area contributed by atoms with Crippen LogP contribution in [-0.2, 0) is 9.53 Å². The van der Waals surface area contributed by atoms with Crippen molar-refractivity contribution in [1.29, 1.82) is 0 Å². The fourth-order valence-corrected chi connectivity index (χ4v) is 4.68. The molecule has 2 saturated carbocycles. The zero-order valence-electron chi connectivity index (χ0n) is 15.0. The number of ether oxygens (including phenoxy) is 1. The van der Waals surface area contributed by atoms with E-state index in [0.29, 0.717) is 5.41 Å². The van der Waals surface area contributed by atoms with Gasteiger partial charge in [-0.05, 0) is 69.2 Å². The van der Waals surface area contributed by atoms with E-state index in [1.54, 1.807) is 0 Å². The molecule has 1 saturated heterocycles. The highest BCUT2D eigenvalue weighted by Gasteiger charge is 2.47. The third-order valence-electron chi connectivity index (χ3n) is 6.25. The van der Waals surface area contributed by atoms with Crippen LogP contribution in [0.4, 0.5) is 0 Å². The maximum absolute atomic E-state index is 10.6. The highest BCUT2D eigenvalue weighted by molar-refractivity contribution is 5.85. The number of carboxylic acid groups (broad SMARTS) is 1. The van der Waals surface area contributed by atoms with Crippen molar-refractivity contribution < 1.29 is 14.6 Å². The Labute approximate surface area is 149 Å². The van der Waals surface area contributed by atoms with E-state index < -0.39 is 5.97 Å². The molecule has 3 rings (SSSR count). The third kappa shape index (κ3) is 4.48. The fourth-order valence-electron chi connectivity index (χ4n) is 4.68. The summed E-state index contributed by atoms with van der Waals surface area (Å²) in [7, 11) is 0. The van der Waals surface area contributed by atoms with Gasteiger partial charge in [-0.15, -0.1) is 0 Å². The van der Waals surface area contributed by atoms with Gasteiger partial charge >= 0.3 is 5.97 Å². The summed E-state index contributed by atoms with van der Waals surface area (Å²) >= 11 is 0. The lowest BCUT2D eigenvalue weighted by molar-refractivity contribution is -0.132. The van der Waals surface area contributed by atoms with Gasteiger partial charge in [0, 0.05) is 6.04 Å². The van der Waals surface area contributed by atoms with Crippen molar-refractivity contribution in [2.75, 3.05) is 13.1 Å². The van der Waals surface area contributed by atoms with E-state index in [1.165, 1.54) is 70.2 Å². The maximum Gasteiger partial charge on any atom is 0.351 e. The Morgan fingerprint density at radius 2 is 1.72 bits per heavy atom. The Morgan fingerprint density at radius 1 is 1.08 bits per heavy atom. The molecule has 25 heavy (non-hydrogen) atoms. The first-order valence-corrected chi connectivity index (χ1v) is 9.54. The first kappa shape index (κ1) is 18.1. The van der Waals surface area contributed by atoms with Gasteiger partial charge in [-0.3, -0.25) is 0 Å². The van der Waals surface area contributed by atoms with E-state index in [1.807, 2.05) is 0 Å². The Kier molecular flexibility index (Phi) is 5.57. The second-order valence-corrected chi connectivity index (χ2v) is 7.97. The summed E-state index contributed by atoms with van der Waals surface area (Å²) in [6.07, 6.45) is 14.5. The van der Waals surface area contributed by atoms with Crippen LogP contribution in [-0.4, -0.2) is 41.2 Å². The van der Waals surface area contributed by atoms with Crippen LogP contribution in [0.15, 0.2) is 23.7 Å². The van der Waals surface area contributed by atoms with Crippen molar-refractivity contribution in [2.24, 2.45) is 16.9 Å². The Morgan fingerprint density at radius 3 is 2.32 bits per heavy atom. The van der Waals surface area contributed by atoms with Crippen LogP contribution >= 0.6 is 0 Å². The summed E-state index contributed by atoms with van der Waals surface area (Å²) in [5.74, 6) is -0.917. The molecule has 0 bridgehead atoms. The monoisotopic (exact) mass is 349 g/mol. The Balaban J connectivity index is 1.41. The number of nitrogens with two attached hydrogens (primary N) is 2. The first-order chi connectivity index (χ1) is 12.0. The maximum atomic E-state index is 10.6. The minimum absolute atomic E-state index is 0.150. The molecule has 1 heterocycles. The largest absolute Gasteiger partial charge is 0.477 e. The van der Waals surface area contributed by atoms with E-state index in [9.17, 15) is 4.79 Å². The van der Waals surface area contributed by atoms with Crippen LogP contribution in [0.2, 0.25) is 0 Å². The van der Waals surface area contributed by atoms with Gasteiger partial charge in [0.25, 0.3) is 0 Å². The van der Waals surface area contributed by atoms with Crippen LogP contribution in [0, 0.1) is 5.41 Å². The van der Waals surface area contributed by atoms with Crippen molar-refractivity contribution in [3.63, 3.8) is 0 Å². The molecular formula is C19H31N3O3. The number of piperidine rings is 1. The predicted molar refractivity (Wildman–Crippen MR) is 96.4 cm³/mol. The second kappa shape index (κ2) is 7.68. The lowest BCUT2D eigenvalue weighted by atomic mass is 9.61. The van der Waals surface area contributed by atoms with Gasteiger partial charge in [-0.1, -0.05) is 19.3 Å². The number of nitrogens with zero attached hydrogens (tertiary/aromatic N) is 1. The number of aliphatic carboxylic acids is 1. The Bertz CT molecular complexity index is 536. The zero-order valence-corrected chi connectivity index (χ0v) is 15.0. The van der Waals surface area contributed by atoms with Crippen LogP contribution < -0.4 is 11.5 Å². The number of carboxylic acids is 1. The average Bonchev–Trinajstić information content (AvgIpc) is 2.59. The van der Waals surface area contributed by atoms with Crippen molar-refractivity contribution in [3.05, 3.63) is 23.7 Å². The van der Waals surface area contributed by atoms with E-state index in [0.717, 1.165) is 18.9 Å². The van der Waals surface area contributed by atoms with Crippen molar-refractivity contribution in [2.45, 2.75) is 69.9 Å². The predicted octanol–water partition coefficient (Wildman–Crippen LogP) is 2.31. The molecule has 0 radical (unpaired) electrons. The number of hydrogen-bond donors (Lipinski definition) is 3. The minimum atomic E-state index is -1.16. The van der Waals surface area contributed by atoms with Gasteiger partial charge in [-0.2, -0.15) is 0 Å². The summed E-state index contributed by atoms with van der Waals surface area (Å²) in [5.41, 5.74) is 11.3. The first-order valence-electron chi connectivity index (χ1n) is 9.54. The van der Waals surface area contributed by atoms with Crippen molar-refractivity contribution in [3.8, 4) is 0 Å². The zero-order chi connectivity index (χ0) is 17.9. The van der Waals surface area contributed by atoms with Gasteiger partial charge < -0.3 is 26.2 Å². The topological polar surface area (TPSA) is 102 Å². The summed E-state index contributed by atoms with van der Waals surface area (Å²) < 4.78 is 5.72. The molecule has 1 spiro atoms. The number of rotatable bonds is 5. The molecule has 140 valence electrons. The number of allylic oxidation sites excluding steroid dienone is 2. The lowest BCUT2D eigenvalue weighted by Crippen LogP contribution is -2.52. The molecule has 3 fully saturated rings. The van der Waals surface area contributed by atoms with Gasteiger partial charge in [0.05, 0.1) is 0 Å². The highest BCUT2D eigenvalue weighted by Crippen LogP contribution is 2.51. The fraction of sp³-hybridized carbons (Fsp3) is 0.737. The standard InChI is InChI=1S/C19H31N3O3/c20-16(18(23)24)6-7-17(21)25-15-12-19(13-15)8-10-22(11-9-19)14-4-2-1-3-5-14/h6-7,14-15H,1-5,8-13,20-21H2,(H,23,24)/b16-6-,17-7+. The summed E-state index contributed by atoms with van der Waals surface area (Å²) in [5, 5.41) is 8.71. The summed E-state index contributed by atoms with van der Waals surface area (Å²) in [4.78, 5) is 13.4. The second-order valence-electron chi connectivity index (χ2n) is 7.97. The summed E-state index contributed by atoms with van der Waals surface area (Å²) in [6, 6.07) is 0.822. The number of hydrogen-bond acceptors (Lipinski definition) is 5. The molecule has 0 aromatic heterocycles. The van der Waals surface area contributed by atoms with Crippen LogP contribution in [0.5, 0.6) is 0 Å². The SMILES string of the molecule is N/C(=C\C=C(/N)OC1CC2(CCN(C3CCCCC3)CC2)C1)C(=O)O. The van der Waals surface area contributed by atoms with Crippen LogP contribution in [0.3, 0.4) is 0 Å². The van der Waals surface area contributed by atoms with Crippen molar-refractivity contribution >= 4 is 5.97 Å². The average molecular weight is 349 g/mol. The van der Waals surface area contributed by atoms with Gasteiger partial charge in [-0.25, -0.2) is 4.79 Å².